The monoisotopic (exact) mass is 466 g/mol. The summed E-state index contributed by atoms with van der Waals surface area (Å²) in [4.78, 5) is 20.5. The quantitative estimate of drug-likeness (QED) is 0.421. The number of nitriles is 1. The molecule has 1 saturated carbocycles. The Morgan fingerprint density at radius 3 is 3.00 bits per heavy atom. The van der Waals surface area contributed by atoms with Crippen LogP contribution in [-0.4, -0.2) is 42.7 Å². The van der Waals surface area contributed by atoms with E-state index in [0.717, 1.165) is 35.4 Å². The fourth-order valence-electron chi connectivity index (χ4n) is 4.96. The van der Waals surface area contributed by atoms with Crippen LogP contribution in [0, 0.1) is 11.3 Å². The first kappa shape index (κ1) is 21.4. The average molecular weight is 467 g/mol. The van der Waals surface area contributed by atoms with E-state index in [1.54, 1.807) is 16.6 Å². The average Bonchev–Trinajstić information content (AvgIpc) is 3.23. The van der Waals surface area contributed by atoms with Gasteiger partial charge in [0.25, 0.3) is 0 Å². The zero-order chi connectivity index (χ0) is 24.0. The molecule has 2 N–H and O–H groups in total. The first-order chi connectivity index (χ1) is 17.0. The van der Waals surface area contributed by atoms with E-state index in [2.05, 4.69) is 21.6 Å². The number of H-pyrrole nitrogens is 1. The minimum atomic E-state index is -0.730. The number of fused-ring (bicyclic) bond motifs is 1. The third kappa shape index (κ3) is 3.91. The Bertz CT molecular complexity index is 1460. The van der Waals surface area contributed by atoms with Crippen molar-refractivity contribution in [3.8, 4) is 6.07 Å². The summed E-state index contributed by atoms with van der Waals surface area (Å²) in [6.07, 6.45) is 6.14. The van der Waals surface area contributed by atoms with Crippen molar-refractivity contribution in [2.24, 2.45) is 0 Å². The zero-order valence-corrected chi connectivity index (χ0v) is 19.5. The van der Waals surface area contributed by atoms with Crippen molar-refractivity contribution in [2.75, 3.05) is 16.8 Å². The fourth-order valence-corrected chi connectivity index (χ4v) is 4.96. The van der Waals surface area contributed by atoms with Crippen LogP contribution in [-0.2, 0) is 11.2 Å². The van der Waals surface area contributed by atoms with Gasteiger partial charge in [0.05, 0.1) is 17.2 Å². The number of nitrogens with one attached hydrogen (secondary N) is 2. The van der Waals surface area contributed by atoms with Crippen LogP contribution >= 0.6 is 0 Å². The Morgan fingerprint density at radius 2 is 2.17 bits per heavy atom. The van der Waals surface area contributed by atoms with E-state index >= 15 is 0 Å². The molecule has 0 unspecified atom stereocenters. The van der Waals surface area contributed by atoms with Crippen molar-refractivity contribution in [2.45, 2.75) is 50.5 Å². The number of carbonyl (C=O) groups is 1. The Hall–Kier alpha value is -4.19. The van der Waals surface area contributed by atoms with Crippen LogP contribution in [0.4, 0.5) is 17.6 Å². The van der Waals surface area contributed by atoms with Gasteiger partial charge < -0.3 is 10.2 Å². The molecule has 1 aliphatic heterocycles. The number of rotatable bonds is 7. The number of hydrogen-bond acceptors (Lipinski definition) is 7. The standard InChI is InChI=1S/C26H26N8O/c1-26(22(35)14-17-5-2-6-18(13-17)16-27)10-4-11-33(26)25-29-24(21-7-3-12-34(21)32-25)28-23-15-20(30-31-23)19-8-9-19/h2-3,5-7,12-13,15,19H,4,8-11,14H2,1H3,(H2,28,29,30,31,32)/t26-/m0/s1. The maximum atomic E-state index is 13.6. The van der Waals surface area contributed by atoms with E-state index in [0.29, 0.717) is 29.8 Å². The van der Waals surface area contributed by atoms with E-state index in [4.69, 9.17) is 10.1 Å². The van der Waals surface area contributed by atoms with Gasteiger partial charge in [-0.2, -0.15) is 15.3 Å². The van der Waals surface area contributed by atoms with Gasteiger partial charge in [0.1, 0.15) is 5.52 Å². The third-order valence-corrected chi connectivity index (χ3v) is 7.15. The molecule has 4 aromatic rings. The summed E-state index contributed by atoms with van der Waals surface area (Å²) in [7, 11) is 0. The summed E-state index contributed by atoms with van der Waals surface area (Å²) < 4.78 is 1.79. The van der Waals surface area contributed by atoms with E-state index in [9.17, 15) is 10.1 Å². The maximum Gasteiger partial charge on any atom is 0.246 e. The molecule has 4 heterocycles. The van der Waals surface area contributed by atoms with Crippen LogP contribution < -0.4 is 10.2 Å². The summed E-state index contributed by atoms with van der Waals surface area (Å²) >= 11 is 0. The van der Waals surface area contributed by atoms with Gasteiger partial charge in [0, 0.05) is 36.8 Å². The summed E-state index contributed by atoms with van der Waals surface area (Å²) in [6, 6.07) is 15.3. The second-order valence-electron chi connectivity index (χ2n) is 9.65. The normalized spacial score (nSPS) is 19.7. The Balaban J connectivity index is 1.31. The van der Waals surface area contributed by atoms with Crippen molar-refractivity contribution in [1.29, 1.82) is 5.26 Å². The van der Waals surface area contributed by atoms with Crippen LogP contribution in [0.3, 0.4) is 0 Å². The third-order valence-electron chi connectivity index (χ3n) is 7.15. The van der Waals surface area contributed by atoms with Crippen LogP contribution in [0.5, 0.6) is 0 Å². The molecule has 0 spiro atoms. The Morgan fingerprint density at radius 1 is 1.29 bits per heavy atom. The second-order valence-corrected chi connectivity index (χ2v) is 9.65. The molecule has 9 heteroatoms. The number of Topliss-reactive ketones (excluding diaryl/α,β-unsaturated/α-hetero) is 1. The van der Waals surface area contributed by atoms with Crippen molar-refractivity contribution >= 4 is 28.9 Å². The van der Waals surface area contributed by atoms with E-state index < -0.39 is 5.54 Å². The van der Waals surface area contributed by atoms with Gasteiger partial charge in [0.15, 0.2) is 17.4 Å². The molecular weight excluding hydrogens is 440 g/mol. The zero-order valence-electron chi connectivity index (χ0n) is 19.5. The molecule has 0 amide bonds. The SMILES string of the molecule is C[C@@]1(C(=O)Cc2cccc(C#N)c2)CCCN1c1nc(Nc2cc(C3CC3)[nH]n2)c2cccn2n1. The molecule has 176 valence electrons. The highest BCUT2D eigenvalue weighted by molar-refractivity contribution is 5.93. The predicted molar refractivity (Wildman–Crippen MR) is 132 cm³/mol. The lowest BCUT2D eigenvalue weighted by Crippen LogP contribution is -2.49. The molecule has 0 radical (unpaired) electrons. The molecule has 2 aliphatic rings. The first-order valence-corrected chi connectivity index (χ1v) is 12.0. The lowest BCUT2D eigenvalue weighted by Gasteiger charge is -2.34. The molecule has 35 heavy (non-hydrogen) atoms. The van der Waals surface area contributed by atoms with Gasteiger partial charge in [0.2, 0.25) is 5.95 Å². The number of nitrogens with zero attached hydrogens (tertiary/aromatic N) is 6. The van der Waals surface area contributed by atoms with Gasteiger partial charge in [-0.05, 0) is 62.4 Å². The summed E-state index contributed by atoms with van der Waals surface area (Å²) in [5, 5.41) is 24.8. The number of anilines is 3. The van der Waals surface area contributed by atoms with Gasteiger partial charge in [-0.1, -0.05) is 12.1 Å². The Kier molecular flexibility index (Phi) is 5.02. The van der Waals surface area contributed by atoms with Crippen molar-refractivity contribution < 1.29 is 4.79 Å². The molecule has 6 rings (SSSR count). The lowest BCUT2D eigenvalue weighted by molar-refractivity contribution is -0.122. The lowest BCUT2D eigenvalue weighted by atomic mass is 9.89. The highest BCUT2D eigenvalue weighted by Gasteiger charge is 2.44. The number of carbonyl (C=O) groups excluding carboxylic acids is 1. The smallest absolute Gasteiger partial charge is 0.246 e. The van der Waals surface area contributed by atoms with Crippen LogP contribution in [0.15, 0.2) is 48.7 Å². The maximum absolute atomic E-state index is 13.6. The number of ketones is 1. The van der Waals surface area contributed by atoms with Crippen LogP contribution in [0.1, 0.15) is 55.3 Å². The van der Waals surface area contributed by atoms with Crippen molar-refractivity contribution in [1.82, 2.24) is 24.8 Å². The van der Waals surface area contributed by atoms with Gasteiger partial charge in [-0.25, -0.2) is 4.52 Å². The summed E-state index contributed by atoms with van der Waals surface area (Å²) in [5.74, 6) is 2.55. The van der Waals surface area contributed by atoms with Crippen molar-refractivity contribution in [3.05, 3.63) is 65.5 Å². The molecule has 1 atom stereocenters. The molecule has 1 aliphatic carbocycles. The molecule has 3 aromatic heterocycles. The number of aromatic amines is 1. The highest BCUT2D eigenvalue weighted by Crippen LogP contribution is 2.40. The van der Waals surface area contributed by atoms with Gasteiger partial charge in [-0.3, -0.25) is 9.89 Å². The molecule has 1 saturated heterocycles. The summed E-state index contributed by atoms with van der Waals surface area (Å²) in [5.41, 5.74) is 2.66. The molecule has 2 fully saturated rings. The minimum absolute atomic E-state index is 0.0946. The van der Waals surface area contributed by atoms with Crippen LogP contribution in [0.25, 0.3) is 5.52 Å². The number of aromatic nitrogens is 5. The van der Waals surface area contributed by atoms with Gasteiger partial charge in [-0.15, -0.1) is 5.10 Å². The highest BCUT2D eigenvalue weighted by atomic mass is 16.1. The van der Waals surface area contributed by atoms with E-state index in [-0.39, 0.29) is 12.2 Å². The van der Waals surface area contributed by atoms with E-state index in [1.165, 1.54) is 12.8 Å². The topological polar surface area (TPSA) is 115 Å². The van der Waals surface area contributed by atoms with Gasteiger partial charge >= 0.3 is 0 Å². The molecule has 0 bridgehead atoms. The number of hydrogen-bond donors (Lipinski definition) is 2. The predicted octanol–water partition coefficient (Wildman–Crippen LogP) is 4.12. The summed E-state index contributed by atoms with van der Waals surface area (Å²) in [6.45, 7) is 2.67. The molecular formula is C26H26N8O. The first-order valence-electron chi connectivity index (χ1n) is 12.0. The largest absolute Gasteiger partial charge is 0.327 e. The van der Waals surface area contributed by atoms with Crippen molar-refractivity contribution in [3.63, 3.8) is 0 Å². The van der Waals surface area contributed by atoms with Crippen LogP contribution in [0.2, 0.25) is 0 Å². The van der Waals surface area contributed by atoms with E-state index in [1.807, 2.05) is 48.4 Å². The second kappa shape index (κ2) is 8.24. The number of benzene rings is 1. The molecule has 9 nitrogen and oxygen atoms in total. The molecule has 1 aromatic carbocycles. The minimum Gasteiger partial charge on any atom is -0.327 e. The Labute approximate surface area is 202 Å². The fraction of sp³-hybridized carbons (Fsp3) is 0.346.